The molecule has 63 heavy (non-hydrogen) atoms. The Morgan fingerprint density at radius 2 is 0.635 bits per heavy atom. The van der Waals surface area contributed by atoms with Crippen LogP contribution in [0.2, 0.25) is 0 Å². The summed E-state index contributed by atoms with van der Waals surface area (Å²) >= 11 is 0. The molecule has 0 heterocycles. The molecule has 0 fully saturated rings. The predicted molar refractivity (Wildman–Crippen MR) is 266 cm³/mol. The Labute approximate surface area is 370 Å². The summed E-state index contributed by atoms with van der Waals surface area (Å²) in [5, 5.41) is 4.92. The van der Waals surface area contributed by atoms with Gasteiger partial charge >= 0.3 is 0 Å². The second-order valence-corrected chi connectivity index (χ2v) is 17.6. The van der Waals surface area contributed by atoms with E-state index in [2.05, 4.69) is 244 Å². The van der Waals surface area contributed by atoms with Crippen LogP contribution >= 0.6 is 0 Å². The van der Waals surface area contributed by atoms with Crippen molar-refractivity contribution >= 4 is 55.7 Å². The zero-order valence-corrected chi connectivity index (χ0v) is 36.0. The SMILES string of the molecule is Cc1ccc(N(c2ccccc2)c2ccc3cc4c(cc3c2)C2(c3ccccc3-c3ccccc32)c2cc3cc(N(c5ccccc5)c5ccc(C)c(C)c5)ccc3cc2-4)cc1C. The van der Waals surface area contributed by atoms with Gasteiger partial charge in [0.25, 0.3) is 0 Å². The van der Waals surface area contributed by atoms with Crippen LogP contribution in [0, 0.1) is 27.7 Å². The van der Waals surface area contributed by atoms with Gasteiger partial charge in [-0.25, -0.2) is 0 Å². The number of fused-ring (bicyclic) bond motifs is 12. The van der Waals surface area contributed by atoms with Crippen LogP contribution in [0.1, 0.15) is 44.5 Å². The summed E-state index contributed by atoms with van der Waals surface area (Å²) in [5.74, 6) is 0. The van der Waals surface area contributed by atoms with Crippen LogP contribution in [0.25, 0.3) is 43.8 Å². The molecule has 2 aliphatic carbocycles. The van der Waals surface area contributed by atoms with Crippen LogP contribution in [-0.4, -0.2) is 0 Å². The van der Waals surface area contributed by atoms with E-state index in [9.17, 15) is 0 Å². The Balaban J connectivity index is 1.10. The van der Waals surface area contributed by atoms with Gasteiger partial charge in [-0.2, -0.15) is 0 Å². The highest BCUT2D eigenvalue weighted by atomic mass is 15.1. The van der Waals surface area contributed by atoms with E-state index in [1.54, 1.807) is 0 Å². The molecule has 2 heteroatoms. The Morgan fingerprint density at radius 1 is 0.254 bits per heavy atom. The molecule has 2 nitrogen and oxygen atoms in total. The molecule has 0 saturated heterocycles. The van der Waals surface area contributed by atoms with Gasteiger partial charge in [0.15, 0.2) is 0 Å². The second kappa shape index (κ2) is 14.2. The molecular formula is C61H46N2. The molecule has 0 saturated carbocycles. The first-order valence-electron chi connectivity index (χ1n) is 22.1. The molecule has 0 amide bonds. The van der Waals surface area contributed by atoms with Gasteiger partial charge in [0.05, 0.1) is 5.41 Å². The van der Waals surface area contributed by atoms with Crippen molar-refractivity contribution < 1.29 is 0 Å². The summed E-state index contributed by atoms with van der Waals surface area (Å²) < 4.78 is 0. The van der Waals surface area contributed by atoms with Gasteiger partial charge in [-0.05, 0) is 213 Å². The van der Waals surface area contributed by atoms with E-state index in [1.807, 2.05) is 0 Å². The normalized spacial score (nSPS) is 12.9. The first kappa shape index (κ1) is 37.1. The van der Waals surface area contributed by atoms with Gasteiger partial charge < -0.3 is 9.80 Å². The Hall–Kier alpha value is -7.68. The van der Waals surface area contributed by atoms with Gasteiger partial charge in [-0.1, -0.05) is 109 Å². The van der Waals surface area contributed by atoms with Crippen molar-refractivity contribution in [3.8, 4) is 22.3 Å². The molecule has 0 aliphatic heterocycles. The smallest absolute Gasteiger partial charge is 0.0725 e. The highest BCUT2D eigenvalue weighted by molar-refractivity contribution is 6.04. The molecule has 0 unspecified atom stereocenters. The standard InChI is InChI=1S/C61H46N2/c1-39-23-27-49(31-41(39)3)62(47-15-7-5-8-16-47)51-29-25-43-35-55-56-36-44-26-30-52(63(48-17-9-6-10-18-48)50-28-24-40(2)42(4)32-50)34-46(44)38-60(56)61(59(55)37-45(43)33-51)57-21-13-11-19-53(57)54-20-12-14-22-58(54)61/h5-38H,1-4H3. The first-order chi connectivity index (χ1) is 30.9. The third kappa shape index (κ3) is 5.64. The predicted octanol–water partition coefficient (Wildman–Crippen LogP) is 16.5. The summed E-state index contributed by atoms with van der Waals surface area (Å²) in [7, 11) is 0. The van der Waals surface area contributed by atoms with Gasteiger partial charge in [0.1, 0.15) is 0 Å². The van der Waals surface area contributed by atoms with E-state index in [-0.39, 0.29) is 0 Å². The summed E-state index contributed by atoms with van der Waals surface area (Å²) in [6.45, 7) is 8.77. The quantitative estimate of drug-likeness (QED) is 0.165. The second-order valence-electron chi connectivity index (χ2n) is 17.6. The van der Waals surface area contributed by atoms with Crippen molar-refractivity contribution in [2.24, 2.45) is 0 Å². The average molecular weight is 807 g/mol. The van der Waals surface area contributed by atoms with Crippen LogP contribution in [-0.2, 0) is 5.41 Å². The molecule has 0 atom stereocenters. The maximum Gasteiger partial charge on any atom is 0.0725 e. The molecule has 300 valence electrons. The average Bonchev–Trinajstić information content (AvgIpc) is 3.76. The molecule has 10 aromatic rings. The third-order valence-electron chi connectivity index (χ3n) is 14.0. The van der Waals surface area contributed by atoms with Crippen molar-refractivity contribution in [1.29, 1.82) is 0 Å². The van der Waals surface area contributed by atoms with E-state index < -0.39 is 5.41 Å². The van der Waals surface area contributed by atoms with Gasteiger partial charge in [-0.15, -0.1) is 0 Å². The maximum atomic E-state index is 2.52. The summed E-state index contributed by atoms with van der Waals surface area (Å²) in [4.78, 5) is 4.79. The first-order valence-corrected chi connectivity index (χ1v) is 22.1. The molecule has 0 aromatic heterocycles. The fourth-order valence-electron chi connectivity index (χ4n) is 10.7. The highest BCUT2D eigenvalue weighted by Crippen LogP contribution is 2.64. The number of para-hydroxylation sites is 2. The lowest BCUT2D eigenvalue weighted by Crippen LogP contribution is -2.25. The minimum absolute atomic E-state index is 0.493. The van der Waals surface area contributed by atoms with E-state index in [4.69, 9.17) is 0 Å². The number of aryl methyl sites for hydroxylation is 4. The van der Waals surface area contributed by atoms with Gasteiger partial charge in [0, 0.05) is 34.1 Å². The van der Waals surface area contributed by atoms with Crippen LogP contribution in [0.15, 0.2) is 206 Å². The lowest BCUT2D eigenvalue weighted by Gasteiger charge is -2.31. The van der Waals surface area contributed by atoms with Crippen LogP contribution in [0.5, 0.6) is 0 Å². The number of hydrogen-bond donors (Lipinski definition) is 0. The number of rotatable bonds is 6. The molecule has 1 spiro atoms. The van der Waals surface area contributed by atoms with Crippen molar-refractivity contribution in [3.63, 3.8) is 0 Å². The monoisotopic (exact) mass is 806 g/mol. The van der Waals surface area contributed by atoms with Crippen molar-refractivity contribution in [3.05, 3.63) is 251 Å². The van der Waals surface area contributed by atoms with Gasteiger partial charge in [0.2, 0.25) is 0 Å². The number of nitrogens with zero attached hydrogens (tertiary/aromatic N) is 2. The Bertz CT molecular complexity index is 3220. The molecular weight excluding hydrogens is 761 g/mol. The van der Waals surface area contributed by atoms with E-state index in [0.717, 1.165) is 34.1 Å². The van der Waals surface area contributed by atoms with Crippen LogP contribution in [0.3, 0.4) is 0 Å². The maximum absolute atomic E-state index is 2.52. The van der Waals surface area contributed by atoms with E-state index in [0.29, 0.717) is 0 Å². The van der Waals surface area contributed by atoms with E-state index >= 15 is 0 Å². The zero-order chi connectivity index (χ0) is 42.4. The van der Waals surface area contributed by atoms with Crippen LogP contribution in [0.4, 0.5) is 34.1 Å². The lowest BCUT2D eigenvalue weighted by molar-refractivity contribution is 0.796. The number of hydrogen-bond acceptors (Lipinski definition) is 2. The molecule has 10 aromatic carbocycles. The molecule has 0 radical (unpaired) electrons. The molecule has 0 N–H and O–H groups in total. The van der Waals surface area contributed by atoms with Crippen molar-refractivity contribution in [1.82, 2.24) is 0 Å². The third-order valence-corrected chi connectivity index (χ3v) is 14.0. The Morgan fingerprint density at radius 3 is 1.06 bits per heavy atom. The lowest BCUT2D eigenvalue weighted by atomic mass is 9.70. The molecule has 0 bridgehead atoms. The summed E-state index contributed by atoms with van der Waals surface area (Å²) in [5.41, 5.74) is 22.1. The fraction of sp³-hybridized carbons (Fsp3) is 0.0820. The topological polar surface area (TPSA) is 6.48 Å². The molecule has 12 rings (SSSR count). The summed E-state index contributed by atoms with van der Waals surface area (Å²) in [6.07, 6.45) is 0. The number of benzene rings is 10. The highest BCUT2D eigenvalue weighted by Gasteiger charge is 2.51. The minimum Gasteiger partial charge on any atom is -0.310 e. The Kier molecular flexibility index (Phi) is 8.36. The van der Waals surface area contributed by atoms with Crippen molar-refractivity contribution in [2.75, 3.05) is 9.80 Å². The van der Waals surface area contributed by atoms with Gasteiger partial charge in [-0.3, -0.25) is 0 Å². The summed E-state index contributed by atoms with van der Waals surface area (Å²) in [6, 6.07) is 77.3. The van der Waals surface area contributed by atoms with E-state index in [1.165, 1.54) is 88.3 Å². The largest absolute Gasteiger partial charge is 0.310 e. The van der Waals surface area contributed by atoms with Crippen molar-refractivity contribution in [2.45, 2.75) is 33.1 Å². The molecule has 2 aliphatic rings. The van der Waals surface area contributed by atoms with Crippen LogP contribution < -0.4 is 9.80 Å². The number of anilines is 6. The minimum atomic E-state index is -0.493. The fourth-order valence-corrected chi connectivity index (χ4v) is 10.7. The zero-order valence-electron chi connectivity index (χ0n) is 36.0.